The van der Waals surface area contributed by atoms with E-state index in [9.17, 15) is 9.59 Å². The maximum absolute atomic E-state index is 12.4. The molecule has 0 saturated carbocycles. The SMILES string of the molecule is C[C@@H]1CCc2[nH]c3ccc(C(=O)OCC(=O)c4ccccc4)cc3c2C1. The topological polar surface area (TPSA) is 59.2 Å². The molecule has 4 heteroatoms. The van der Waals surface area contributed by atoms with Crippen molar-refractivity contribution < 1.29 is 14.3 Å². The Kier molecular flexibility index (Phi) is 4.33. The molecule has 3 aromatic rings. The average Bonchev–Trinajstić information content (AvgIpc) is 3.03. The summed E-state index contributed by atoms with van der Waals surface area (Å²) in [5, 5.41) is 1.09. The number of nitrogens with one attached hydrogen (secondary N) is 1. The summed E-state index contributed by atoms with van der Waals surface area (Å²) in [7, 11) is 0. The largest absolute Gasteiger partial charge is 0.454 e. The lowest BCUT2D eigenvalue weighted by Crippen LogP contribution is -2.14. The lowest BCUT2D eigenvalue weighted by molar-refractivity contribution is 0.0475. The van der Waals surface area contributed by atoms with Crippen LogP contribution in [0.3, 0.4) is 0 Å². The van der Waals surface area contributed by atoms with Gasteiger partial charge in [0, 0.05) is 22.2 Å². The summed E-state index contributed by atoms with van der Waals surface area (Å²) in [5.41, 5.74) is 4.68. The first kappa shape index (κ1) is 16.6. The zero-order valence-electron chi connectivity index (χ0n) is 14.7. The van der Waals surface area contributed by atoms with E-state index in [1.165, 1.54) is 17.7 Å². The second-order valence-corrected chi connectivity index (χ2v) is 7.06. The highest BCUT2D eigenvalue weighted by Crippen LogP contribution is 2.32. The van der Waals surface area contributed by atoms with Gasteiger partial charge < -0.3 is 9.72 Å². The Hall–Kier alpha value is -2.88. The monoisotopic (exact) mass is 347 g/mol. The van der Waals surface area contributed by atoms with Gasteiger partial charge in [-0.3, -0.25) is 4.79 Å². The van der Waals surface area contributed by atoms with Crippen molar-refractivity contribution in [3.05, 3.63) is 70.9 Å². The smallest absolute Gasteiger partial charge is 0.338 e. The van der Waals surface area contributed by atoms with Crippen LogP contribution in [0.15, 0.2) is 48.5 Å². The van der Waals surface area contributed by atoms with Gasteiger partial charge in [-0.1, -0.05) is 37.3 Å². The number of benzene rings is 2. The summed E-state index contributed by atoms with van der Waals surface area (Å²) in [4.78, 5) is 28.0. The Balaban J connectivity index is 1.52. The van der Waals surface area contributed by atoms with Gasteiger partial charge in [0.2, 0.25) is 0 Å². The fourth-order valence-electron chi connectivity index (χ4n) is 3.64. The van der Waals surface area contributed by atoms with Crippen LogP contribution in [0.25, 0.3) is 10.9 Å². The number of rotatable bonds is 4. The van der Waals surface area contributed by atoms with Crippen molar-refractivity contribution in [2.45, 2.75) is 26.2 Å². The Morgan fingerprint density at radius 1 is 1.12 bits per heavy atom. The van der Waals surface area contributed by atoms with Gasteiger partial charge in [0.25, 0.3) is 0 Å². The normalized spacial score (nSPS) is 16.3. The number of esters is 1. The molecule has 0 fully saturated rings. The number of fused-ring (bicyclic) bond motifs is 3. The molecule has 1 aliphatic rings. The van der Waals surface area contributed by atoms with E-state index in [1.54, 1.807) is 30.3 Å². The van der Waals surface area contributed by atoms with Crippen molar-refractivity contribution in [1.29, 1.82) is 0 Å². The molecule has 0 unspecified atom stereocenters. The van der Waals surface area contributed by atoms with Crippen molar-refractivity contribution in [1.82, 2.24) is 4.98 Å². The minimum Gasteiger partial charge on any atom is -0.454 e. The van der Waals surface area contributed by atoms with E-state index < -0.39 is 5.97 Å². The predicted octanol–water partition coefficient (Wildman–Crippen LogP) is 4.33. The van der Waals surface area contributed by atoms with Crippen LogP contribution in [0.4, 0.5) is 0 Å². The first-order valence-corrected chi connectivity index (χ1v) is 9.00. The third kappa shape index (κ3) is 3.15. The van der Waals surface area contributed by atoms with Gasteiger partial charge in [-0.25, -0.2) is 4.79 Å². The molecule has 4 nitrogen and oxygen atoms in total. The molecule has 2 aromatic carbocycles. The van der Waals surface area contributed by atoms with Crippen LogP contribution in [0.2, 0.25) is 0 Å². The second-order valence-electron chi connectivity index (χ2n) is 7.06. The number of aromatic amines is 1. The van der Waals surface area contributed by atoms with Crippen molar-refractivity contribution in [3.8, 4) is 0 Å². The van der Waals surface area contributed by atoms with E-state index in [0.717, 1.165) is 23.7 Å². The molecule has 26 heavy (non-hydrogen) atoms. The standard InChI is InChI=1S/C22H21NO3/c1-14-7-9-19-17(11-14)18-12-16(8-10-20(18)23-19)22(25)26-13-21(24)15-5-3-2-4-6-15/h2-6,8,10,12,14,23H,7,9,11,13H2,1H3/t14-/m1/s1. The first-order valence-electron chi connectivity index (χ1n) is 9.00. The van der Waals surface area contributed by atoms with Crippen LogP contribution in [-0.2, 0) is 17.6 Å². The van der Waals surface area contributed by atoms with Gasteiger partial charge in [-0.2, -0.15) is 0 Å². The molecule has 4 rings (SSSR count). The molecule has 1 aromatic heterocycles. The zero-order valence-corrected chi connectivity index (χ0v) is 14.7. The highest BCUT2D eigenvalue weighted by atomic mass is 16.5. The number of carbonyl (C=O) groups excluding carboxylic acids is 2. The van der Waals surface area contributed by atoms with Gasteiger partial charge in [-0.15, -0.1) is 0 Å². The number of aryl methyl sites for hydroxylation is 1. The summed E-state index contributed by atoms with van der Waals surface area (Å²) >= 11 is 0. The minimum atomic E-state index is -0.463. The highest BCUT2D eigenvalue weighted by Gasteiger charge is 2.21. The Labute approximate surface area is 152 Å². The zero-order chi connectivity index (χ0) is 18.1. The Morgan fingerprint density at radius 3 is 2.73 bits per heavy atom. The van der Waals surface area contributed by atoms with Crippen LogP contribution in [0.1, 0.15) is 45.3 Å². The van der Waals surface area contributed by atoms with Crippen molar-refractivity contribution in [2.24, 2.45) is 5.92 Å². The van der Waals surface area contributed by atoms with Gasteiger partial charge in [-0.05, 0) is 48.9 Å². The number of aromatic nitrogens is 1. The molecule has 0 bridgehead atoms. The van der Waals surface area contributed by atoms with Crippen LogP contribution < -0.4 is 0 Å². The molecular formula is C22H21NO3. The summed E-state index contributed by atoms with van der Waals surface area (Å²) in [6, 6.07) is 14.4. The van der Waals surface area contributed by atoms with Gasteiger partial charge >= 0.3 is 5.97 Å². The molecule has 1 aliphatic carbocycles. The molecule has 0 saturated heterocycles. The summed E-state index contributed by atoms with van der Waals surface area (Å²) in [6.07, 6.45) is 3.27. The maximum atomic E-state index is 12.4. The molecule has 1 N–H and O–H groups in total. The van der Waals surface area contributed by atoms with E-state index in [-0.39, 0.29) is 12.4 Å². The Morgan fingerprint density at radius 2 is 1.92 bits per heavy atom. The third-order valence-corrected chi connectivity index (χ3v) is 5.10. The van der Waals surface area contributed by atoms with E-state index in [2.05, 4.69) is 11.9 Å². The number of hydrogen-bond acceptors (Lipinski definition) is 3. The molecule has 1 atom stereocenters. The number of H-pyrrole nitrogens is 1. The van der Waals surface area contributed by atoms with Crippen LogP contribution in [0.5, 0.6) is 0 Å². The molecule has 1 heterocycles. The number of hydrogen-bond donors (Lipinski definition) is 1. The molecule has 0 amide bonds. The quantitative estimate of drug-likeness (QED) is 0.564. The van der Waals surface area contributed by atoms with Crippen LogP contribution in [0, 0.1) is 5.92 Å². The third-order valence-electron chi connectivity index (χ3n) is 5.10. The molecule has 132 valence electrons. The number of ether oxygens (including phenoxy) is 1. The fourth-order valence-corrected chi connectivity index (χ4v) is 3.64. The van der Waals surface area contributed by atoms with Gasteiger partial charge in [0.05, 0.1) is 5.56 Å². The molecule has 0 radical (unpaired) electrons. The minimum absolute atomic E-state index is 0.201. The van der Waals surface area contributed by atoms with Crippen molar-refractivity contribution >= 4 is 22.7 Å². The van der Waals surface area contributed by atoms with Crippen LogP contribution in [-0.4, -0.2) is 23.3 Å². The summed E-state index contributed by atoms with van der Waals surface area (Å²) in [5.74, 6) is -0.0107. The Bertz CT molecular complexity index is 972. The summed E-state index contributed by atoms with van der Waals surface area (Å²) in [6.45, 7) is 2.01. The van der Waals surface area contributed by atoms with E-state index in [4.69, 9.17) is 4.74 Å². The average molecular weight is 347 g/mol. The number of carbonyl (C=O) groups is 2. The van der Waals surface area contributed by atoms with Crippen molar-refractivity contribution in [2.75, 3.05) is 6.61 Å². The van der Waals surface area contributed by atoms with Crippen molar-refractivity contribution in [3.63, 3.8) is 0 Å². The molecule has 0 spiro atoms. The lowest BCUT2D eigenvalue weighted by atomic mass is 9.87. The van der Waals surface area contributed by atoms with Gasteiger partial charge in [0.1, 0.15) is 0 Å². The fraction of sp³-hybridized carbons (Fsp3) is 0.273. The lowest BCUT2D eigenvalue weighted by Gasteiger charge is -2.18. The van der Waals surface area contributed by atoms with E-state index in [0.29, 0.717) is 17.0 Å². The first-order chi connectivity index (χ1) is 12.6. The molecular weight excluding hydrogens is 326 g/mol. The van der Waals surface area contributed by atoms with Crippen LogP contribution >= 0.6 is 0 Å². The number of ketones is 1. The van der Waals surface area contributed by atoms with Gasteiger partial charge in [0.15, 0.2) is 12.4 Å². The maximum Gasteiger partial charge on any atom is 0.338 e. The number of Topliss-reactive ketones (excluding diaryl/α,β-unsaturated/α-hetero) is 1. The predicted molar refractivity (Wildman–Crippen MR) is 101 cm³/mol. The second kappa shape index (κ2) is 6.79. The summed E-state index contributed by atoms with van der Waals surface area (Å²) < 4.78 is 5.24. The van der Waals surface area contributed by atoms with E-state index in [1.807, 2.05) is 18.2 Å². The highest BCUT2D eigenvalue weighted by molar-refractivity contribution is 6.00. The molecule has 0 aliphatic heterocycles. The van der Waals surface area contributed by atoms with E-state index >= 15 is 0 Å².